The van der Waals surface area contributed by atoms with Gasteiger partial charge in [0, 0.05) is 0 Å². The molecule has 0 aliphatic carbocycles. The van der Waals surface area contributed by atoms with Crippen LogP contribution in [0.3, 0.4) is 0 Å². The minimum absolute atomic E-state index is 0.112. The molecule has 0 N–H and O–H groups in total. The highest BCUT2D eigenvalue weighted by atomic mass is 35.5. The van der Waals surface area contributed by atoms with E-state index in [1.54, 1.807) is 0 Å². The molecule has 0 bridgehead atoms. The average Bonchev–Trinajstić information content (AvgIpc) is 2.75. The first-order valence-electron chi connectivity index (χ1n) is 5.66. The molecule has 1 aliphatic heterocycles. The molecule has 1 aromatic carbocycles. The molecule has 17 heavy (non-hydrogen) atoms. The molecule has 3 unspecified atom stereocenters. The van der Waals surface area contributed by atoms with Gasteiger partial charge < -0.3 is 4.74 Å². The molecule has 0 saturated carbocycles. The number of rotatable bonds is 3. The molecule has 1 saturated heterocycles. The monoisotopic (exact) mass is 256 g/mol. The molecule has 3 atom stereocenters. The standard InChI is InChI=1S/C13H14ClFO2/c1-8-2-7-11(17-8)13(16)12(14)9-3-5-10(15)6-4-9/h3-6,8,11-12H,2,7H2,1H3. The quantitative estimate of drug-likeness (QED) is 0.776. The van der Waals surface area contributed by atoms with Crippen LogP contribution >= 0.6 is 11.6 Å². The van der Waals surface area contributed by atoms with Crippen LogP contribution in [0.2, 0.25) is 0 Å². The fraction of sp³-hybridized carbons (Fsp3) is 0.462. The van der Waals surface area contributed by atoms with E-state index >= 15 is 0 Å². The van der Waals surface area contributed by atoms with Crippen molar-refractivity contribution in [3.63, 3.8) is 0 Å². The van der Waals surface area contributed by atoms with E-state index in [-0.39, 0.29) is 17.7 Å². The van der Waals surface area contributed by atoms with Gasteiger partial charge in [-0.25, -0.2) is 4.39 Å². The van der Waals surface area contributed by atoms with Crippen LogP contribution in [-0.4, -0.2) is 18.0 Å². The zero-order valence-electron chi connectivity index (χ0n) is 9.53. The Morgan fingerprint density at radius 1 is 1.41 bits per heavy atom. The zero-order chi connectivity index (χ0) is 12.4. The van der Waals surface area contributed by atoms with E-state index in [0.29, 0.717) is 12.0 Å². The molecule has 0 aromatic heterocycles. The van der Waals surface area contributed by atoms with Crippen molar-refractivity contribution >= 4 is 17.4 Å². The average molecular weight is 257 g/mol. The van der Waals surface area contributed by atoms with Gasteiger partial charge in [0.15, 0.2) is 5.78 Å². The van der Waals surface area contributed by atoms with Gasteiger partial charge in [0.25, 0.3) is 0 Å². The van der Waals surface area contributed by atoms with Crippen LogP contribution in [0.1, 0.15) is 30.7 Å². The van der Waals surface area contributed by atoms with Gasteiger partial charge in [-0.15, -0.1) is 11.6 Å². The fourth-order valence-electron chi connectivity index (χ4n) is 1.97. The van der Waals surface area contributed by atoms with E-state index in [4.69, 9.17) is 16.3 Å². The van der Waals surface area contributed by atoms with Crippen LogP contribution in [0.25, 0.3) is 0 Å². The molecule has 1 fully saturated rings. The Kier molecular flexibility index (Phi) is 3.79. The third-order valence-electron chi connectivity index (χ3n) is 2.96. The van der Waals surface area contributed by atoms with E-state index in [9.17, 15) is 9.18 Å². The summed E-state index contributed by atoms with van der Waals surface area (Å²) >= 11 is 6.08. The third-order valence-corrected chi connectivity index (χ3v) is 3.43. The largest absolute Gasteiger partial charge is 0.367 e. The lowest BCUT2D eigenvalue weighted by molar-refractivity contribution is -0.129. The summed E-state index contributed by atoms with van der Waals surface area (Å²) < 4.78 is 18.2. The van der Waals surface area contributed by atoms with Crippen molar-refractivity contribution in [1.82, 2.24) is 0 Å². The van der Waals surface area contributed by atoms with Gasteiger partial charge in [-0.3, -0.25) is 4.79 Å². The molecular formula is C13H14ClFO2. The predicted molar refractivity (Wildman–Crippen MR) is 63.6 cm³/mol. The van der Waals surface area contributed by atoms with Crippen LogP contribution in [-0.2, 0) is 9.53 Å². The molecule has 2 nitrogen and oxygen atoms in total. The number of carbonyl (C=O) groups excluding carboxylic acids is 1. The maximum atomic E-state index is 12.8. The molecule has 92 valence electrons. The van der Waals surface area contributed by atoms with Crippen molar-refractivity contribution in [3.05, 3.63) is 35.6 Å². The highest BCUT2D eigenvalue weighted by Crippen LogP contribution is 2.29. The first-order valence-corrected chi connectivity index (χ1v) is 6.10. The summed E-state index contributed by atoms with van der Waals surface area (Å²) in [5.41, 5.74) is 0.612. The summed E-state index contributed by atoms with van der Waals surface area (Å²) in [6.07, 6.45) is 1.28. The third kappa shape index (κ3) is 2.85. The number of hydrogen-bond acceptors (Lipinski definition) is 2. The van der Waals surface area contributed by atoms with Crippen molar-refractivity contribution in [3.8, 4) is 0 Å². The van der Waals surface area contributed by atoms with Crippen LogP contribution in [0.4, 0.5) is 4.39 Å². The molecule has 2 rings (SSSR count). The van der Waals surface area contributed by atoms with Crippen molar-refractivity contribution in [2.24, 2.45) is 0 Å². The lowest BCUT2D eigenvalue weighted by Gasteiger charge is -2.14. The number of ether oxygens (including phenoxy) is 1. The molecule has 4 heteroatoms. The van der Waals surface area contributed by atoms with E-state index in [2.05, 4.69) is 0 Å². The lowest BCUT2D eigenvalue weighted by Crippen LogP contribution is -2.24. The predicted octanol–water partition coefficient (Wildman–Crippen LogP) is 3.24. The summed E-state index contributed by atoms with van der Waals surface area (Å²) in [4.78, 5) is 12.0. The number of halogens is 2. The Morgan fingerprint density at radius 3 is 2.59 bits per heavy atom. The molecule has 0 spiro atoms. The number of benzene rings is 1. The summed E-state index contributed by atoms with van der Waals surface area (Å²) in [5, 5.41) is -0.758. The van der Waals surface area contributed by atoms with Crippen LogP contribution in [0, 0.1) is 5.82 Å². The maximum absolute atomic E-state index is 12.8. The summed E-state index contributed by atoms with van der Waals surface area (Å²) in [6.45, 7) is 1.94. The Hall–Kier alpha value is -0.930. The van der Waals surface area contributed by atoms with Crippen LogP contribution in [0.5, 0.6) is 0 Å². The van der Waals surface area contributed by atoms with Crippen LogP contribution in [0.15, 0.2) is 24.3 Å². The Morgan fingerprint density at radius 2 is 2.06 bits per heavy atom. The molecule has 1 aliphatic rings. The zero-order valence-corrected chi connectivity index (χ0v) is 10.3. The topological polar surface area (TPSA) is 26.3 Å². The summed E-state index contributed by atoms with van der Waals surface area (Å²) in [5.74, 6) is -0.474. The fourth-order valence-corrected chi connectivity index (χ4v) is 2.26. The maximum Gasteiger partial charge on any atom is 0.183 e. The van der Waals surface area contributed by atoms with Gasteiger partial charge >= 0.3 is 0 Å². The number of carbonyl (C=O) groups is 1. The molecule has 1 aromatic rings. The summed E-state index contributed by atoms with van der Waals surface area (Å²) in [7, 11) is 0. The van der Waals surface area contributed by atoms with E-state index in [0.717, 1.165) is 6.42 Å². The highest BCUT2D eigenvalue weighted by molar-refractivity contribution is 6.31. The number of ketones is 1. The minimum Gasteiger partial charge on any atom is -0.367 e. The minimum atomic E-state index is -0.758. The van der Waals surface area contributed by atoms with E-state index in [1.165, 1.54) is 24.3 Å². The first kappa shape index (κ1) is 12.5. The second-order valence-corrected chi connectivity index (χ2v) is 4.77. The molecular weight excluding hydrogens is 243 g/mol. The first-order chi connectivity index (χ1) is 8.08. The SMILES string of the molecule is CC1CCC(C(=O)C(Cl)c2ccc(F)cc2)O1. The van der Waals surface area contributed by atoms with Crippen molar-refractivity contribution < 1.29 is 13.9 Å². The van der Waals surface area contributed by atoms with Gasteiger partial charge in [-0.05, 0) is 37.5 Å². The number of Topliss-reactive ketones (excluding diaryl/α,β-unsaturated/α-hetero) is 1. The van der Waals surface area contributed by atoms with Gasteiger partial charge in [0.05, 0.1) is 6.10 Å². The van der Waals surface area contributed by atoms with Crippen molar-refractivity contribution in [2.45, 2.75) is 37.4 Å². The smallest absolute Gasteiger partial charge is 0.183 e. The number of hydrogen-bond donors (Lipinski definition) is 0. The van der Waals surface area contributed by atoms with Crippen LogP contribution < -0.4 is 0 Å². The second kappa shape index (κ2) is 5.15. The lowest BCUT2D eigenvalue weighted by atomic mass is 10.0. The van der Waals surface area contributed by atoms with Gasteiger partial charge in [-0.2, -0.15) is 0 Å². The molecule has 0 radical (unpaired) electrons. The van der Waals surface area contributed by atoms with Gasteiger partial charge in [-0.1, -0.05) is 12.1 Å². The van der Waals surface area contributed by atoms with Gasteiger partial charge in [0.1, 0.15) is 17.3 Å². The van der Waals surface area contributed by atoms with Crippen molar-refractivity contribution in [2.75, 3.05) is 0 Å². The Balaban J connectivity index is 2.06. The Bertz CT molecular complexity index is 404. The van der Waals surface area contributed by atoms with E-state index in [1.807, 2.05) is 6.92 Å². The van der Waals surface area contributed by atoms with Gasteiger partial charge in [0.2, 0.25) is 0 Å². The number of alkyl halides is 1. The normalized spacial score (nSPS) is 25.8. The highest BCUT2D eigenvalue weighted by Gasteiger charge is 2.32. The van der Waals surface area contributed by atoms with Crippen molar-refractivity contribution in [1.29, 1.82) is 0 Å². The Labute approximate surface area is 105 Å². The molecule has 0 amide bonds. The van der Waals surface area contributed by atoms with E-state index < -0.39 is 11.5 Å². The molecule has 1 heterocycles. The second-order valence-electron chi connectivity index (χ2n) is 4.33. The summed E-state index contributed by atoms with van der Waals surface area (Å²) in [6, 6.07) is 5.67.